The van der Waals surface area contributed by atoms with E-state index in [1.165, 1.54) is 38.9 Å². The van der Waals surface area contributed by atoms with Crippen LogP contribution in [0.3, 0.4) is 0 Å². The summed E-state index contributed by atoms with van der Waals surface area (Å²) in [5.41, 5.74) is 2.54. The van der Waals surface area contributed by atoms with Crippen molar-refractivity contribution in [3.05, 3.63) is 64.5 Å². The Balaban J connectivity index is 1.17. The molecule has 8 heteroatoms. The molecule has 7 nitrogen and oxygen atoms in total. The lowest BCUT2D eigenvalue weighted by Gasteiger charge is -2.61. The van der Waals surface area contributed by atoms with Crippen LogP contribution in [0.25, 0.3) is 10.9 Å². The van der Waals surface area contributed by atoms with Crippen LogP contribution in [0.1, 0.15) is 64.9 Å². The Bertz CT molecular complexity index is 1530. The molecule has 2 heterocycles. The van der Waals surface area contributed by atoms with Crippen molar-refractivity contribution in [1.29, 1.82) is 0 Å². The number of nitrogens with zero attached hydrogens (tertiary/aromatic N) is 4. The van der Waals surface area contributed by atoms with E-state index in [9.17, 15) is 9.18 Å². The molecule has 0 radical (unpaired) electrons. The second-order valence-corrected chi connectivity index (χ2v) is 13.2. The first-order valence-corrected chi connectivity index (χ1v) is 15.7. The molecule has 1 unspecified atom stereocenters. The summed E-state index contributed by atoms with van der Waals surface area (Å²) < 4.78 is 21.0. The molecule has 7 rings (SSSR count). The molecule has 0 amide bonds. The summed E-state index contributed by atoms with van der Waals surface area (Å²) >= 11 is 0. The zero-order valence-corrected chi connectivity index (χ0v) is 25.4. The number of anilines is 1. The van der Waals surface area contributed by atoms with Crippen molar-refractivity contribution in [2.24, 2.45) is 28.2 Å². The lowest BCUT2D eigenvalue weighted by molar-refractivity contribution is -0.108. The standard InChI is InChI=1S/C34H44FN5O2/c1-22-28-17-24(34(28,2)3)18-30(22)38-33(39-14-6-5-7-15-39)37-25-11-13-27-31(19-25)36-21-40(32(27)41)16-8-9-23-10-12-26(42-4)20-29(23)35/h10-13,19-22,24,28,30H,5-9,14-18H2,1-4H3,(H,37,38)/t22-,24-,28+,30?/m0/s1. The molecule has 1 aromatic heterocycles. The highest BCUT2D eigenvalue weighted by Crippen LogP contribution is 2.61. The van der Waals surface area contributed by atoms with Gasteiger partial charge in [0.25, 0.3) is 5.56 Å². The number of benzene rings is 2. The van der Waals surface area contributed by atoms with E-state index in [0.29, 0.717) is 59.0 Å². The molecule has 224 valence electrons. The zero-order valence-electron chi connectivity index (χ0n) is 25.4. The van der Waals surface area contributed by atoms with Crippen molar-refractivity contribution >= 4 is 22.5 Å². The third-order valence-corrected chi connectivity index (χ3v) is 10.4. The van der Waals surface area contributed by atoms with Crippen LogP contribution >= 0.6 is 0 Å². The van der Waals surface area contributed by atoms with Crippen LogP contribution in [0.5, 0.6) is 5.75 Å². The molecule has 1 saturated heterocycles. The van der Waals surface area contributed by atoms with Crippen LogP contribution < -0.4 is 15.6 Å². The van der Waals surface area contributed by atoms with E-state index >= 15 is 0 Å². The van der Waals surface area contributed by atoms with Gasteiger partial charge in [0.1, 0.15) is 11.6 Å². The van der Waals surface area contributed by atoms with Crippen LogP contribution in [0.4, 0.5) is 10.1 Å². The summed E-state index contributed by atoms with van der Waals surface area (Å²) in [6, 6.07) is 11.0. The molecule has 3 aromatic rings. The van der Waals surface area contributed by atoms with Crippen LogP contribution in [-0.4, -0.2) is 46.7 Å². The number of nitrogens with one attached hydrogen (secondary N) is 1. The fraction of sp³-hybridized carbons (Fsp3) is 0.559. The van der Waals surface area contributed by atoms with Gasteiger partial charge in [0, 0.05) is 31.4 Å². The zero-order chi connectivity index (χ0) is 29.4. The number of aliphatic imine (C=N–C) groups is 1. The number of fused-ring (bicyclic) bond motifs is 3. The normalized spacial score (nSPS) is 25.3. The van der Waals surface area contributed by atoms with Crippen molar-refractivity contribution in [3.63, 3.8) is 0 Å². The van der Waals surface area contributed by atoms with Gasteiger partial charge in [0.05, 0.1) is 30.4 Å². The van der Waals surface area contributed by atoms with Gasteiger partial charge in [-0.3, -0.25) is 9.36 Å². The monoisotopic (exact) mass is 573 g/mol. The number of hydrogen-bond donors (Lipinski definition) is 1. The number of ether oxygens (including phenoxy) is 1. The number of rotatable bonds is 7. The van der Waals surface area contributed by atoms with E-state index in [-0.39, 0.29) is 11.4 Å². The molecule has 0 spiro atoms. The molecule has 2 bridgehead atoms. The van der Waals surface area contributed by atoms with E-state index in [1.807, 2.05) is 18.2 Å². The van der Waals surface area contributed by atoms with Crippen molar-refractivity contribution in [3.8, 4) is 5.75 Å². The highest BCUT2D eigenvalue weighted by Gasteiger charge is 2.56. The predicted octanol–water partition coefficient (Wildman–Crippen LogP) is 6.50. The molecular formula is C34H44FN5O2. The Labute approximate surface area is 248 Å². The first-order valence-electron chi connectivity index (χ1n) is 15.7. The van der Waals surface area contributed by atoms with Gasteiger partial charge in [-0.1, -0.05) is 26.8 Å². The Morgan fingerprint density at radius 1 is 1.14 bits per heavy atom. The minimum Gasteiger partial charge on any atom is -0.497 e. The van der Waals surface area contributed by atoms with Crippen LogP contribution in [0.15, 0.2) is 52.5 Å². The van der Waals surface area contributed by atoms with Gasteiger partial charge in [0.2, 0.25) is 0 Å². The third-order valence-electron chi connectivity index (χ3n) is 10.4. The second-order valence-electron chi connectivity index (χ2n) is 13.2. The van der Waals surface area contributed by atoms with Crippen molar-refractivity contribution in [1.82, 2.24) is 14.5 Å². The van der Waals surface area contributed by atoms with Gasteiger partial charge < -0.3 is 15.0 Å². The highest BCUT2D eigenvalue weighted by molar-refractivity contribution is 5.95. The third kappa shape index (κ3) is 5.52. The number of likely N-dealkylation sites (tertiary alicyclic amines) is 1. The van der Waals surface area contributed by atoms with Crippen molar-refractivity contribution in [2.75, 3.05) is 25.5 Å². The number of aromatic nitrogens is 2. The molecule has 2 aromatic carbocycles. The molecule has 1 aliphatic heterocycles. The predicted molar refractivity (Wildman–Crippen MR) is 167 cm³/mol. The first kappa shape index (κ1) is 28.7. The smallest absolute Gasteiger partial charge is 0.261 e. The number of methoxy groups -OCH3 is 1. The van der Waals surface area contributed by atoms with E-state index < -0.39 is 0 Å². The molecule has 4 atom stereocenters. The van der Waals surface area contributed by atoms with E-state index in [4.69, 9.17) is 9.73 Å². The van der Waals surface area contributed by atoms with Gasteiger partial charge in [-0.2, -0.15) is 0 Å². The van der Waals surface area contributed by atoms with E-state index in [1.54, 1.807) is 23.0 Å². The van der Waals surface area contributed by atoms with Gasteiger partial charge in [-0.05, 0) is 97.9 Å². The Morgan fingerprint density at radius 3 is 2.67 bits per heavy atom. The van der Waals surface area contributed by atoms with E-state index in [2.05, 4.69) is 36.0 Å². The fourth-order valence-electron chi connectivity index (χ4n) is 7.57. The van der Waals surface area contributed by atoms with Crippen LogP contribution in [0.2, 0.25) is 0 Å². The fourth-order valence-corrected chi connectivity index (χ4v) is 7.57. The highest BCUT2D eigenvalue weighted by atomic mass is 19.1. The SMILES string of the molecule is COc1ccc(CCCn2cnc3cc(NC(=NC4C[C@@H]5C[C@H]([C@@H]4C)C5(C)C)N4CCCCC4)ccc3c2=O)c(F)c1. The molecule has 1 N–H and O–H groups in total. The number of hydrogen-bond acceptors (Lipinski definition) is 4. The van der Waals surface area contributed by atoms with Gasteiger partial charge in [-0.25, -0.2) is 14.4 Å². The summed E-state index contributed by atoms with van der Waals surface area (Å²) in [7, 11) is 1.52. The number of guanidine groups is 1. The lowest BCUT2D eigenvalue weighted by Crippen LogP contribution is -2.56. The largest absolute Gasteiger partial charge is 0.497 e. The minimum atomic E-state index is -0.288. The molecule has 3 aliphatic carbocycles. The topological polar surface area (TPSA) is 71.8 Å². The second kappa shape index (κ2) is 11.7. The number of aryl methyl sites for hydroxylation is 2. The summed E-state index contributed by atoms with van der Waals surface area (Å²) in [6.07, 6.45) is 8.91. The molecular weight excluding hydrogens is 529 g/mol. The quantitative estimate of drug-likeness (QED) is 0.258. The summed E-state index contributed by atoms with van der Waals surface area (Å²) in [5, 5.41) is 4.22. The van der Waals surface area contributed by atoms with Crippen LogP contribution in [-0.2, 0) is 13.0 Å². The maximum absolute atomic E-state index is 14.3. The maximum atomic E-state index is 14.3. The summed E-state index contributed by atoms with van der Waals surface area (Å²) in [6.45, 7) is 9.76. The Morgan fingerprint density at radius 2 is 1.95 bits per heavy atom. The van der Waals surface area contributed by atoms with Gasteiger partial charge in [-0.15, -0.1) is 0 Å². The molecule has 42 heavy (non-hydrogen) atoms. The van der Waals surface area contributed by atoms with Gasteiger partial charge >= 0.3 is 0 Å². The number of halogens is 1. The Hall–Kier alpha value is -3.42. The maximum Gasteiger partial charge on any atom is 0.261 e. The van der Waals surface area contributed by atoms with Gasteiger partial charge in [0.15, 0.2) is 5.96 Å². The number of piperidine rings is 1. The Kier molecular flexibility index (Phi) is 7.99. The lowest BCUT2D eigenvalue weighted by atomic mass is 9.45. The van der Waals surface area contributed by atoms with Crippen LogP contribution in [0, 0.1) is 29.0 Å². The minimum absolute atomic E-state index is 0.0791. The average molecular weight is 574 g/mol. The first-order chi connectivity index (χ1) is 20.2. The molecule has 4 aliphatic rings. The summed E-state index contributed by atoms with van der Waals surface area (Å²) in [4.78, 5) is 25.7. The average Bonchev–Trinajstić information content (AvgIpc) is 2.99. The van der Waals surface area contributed by atoms with Crippen molar-refractivity contribution in [2.45, 2.75) is 78.3 Å². The van der Waals surface area contributed by atoms with E-state index in [0.717, 1.165) is 43.0 Å². The van der Waals surface area contributed by atoms with Crippen molar-refractivity contribution < 1.29 is 9.13 Å². The molecule has 4 fully saturated rings. The summed E-state index contributed by atoms with van der Waals surface area (Å²) in [5.74, 6) is 3.25. The molecule has 3 saturated carbocycles.